The Balaban J connectivity index is 2.62. The number of thiocarbonyl (C=S) groups is 1. The van der Waals surface area contributed by atoms with Crippen LogP contribution < -0.4 is 9.47 Å². The minimum atomic E-state index is -4.59. The van der Waals surface area contributed by atoms with Crippen LogP contribution in [0.25, 0.3) is 0 Å². The summed E-state index contributed by atoms with van der Waals surface area (Å²) in [7, 11) is 1.34. The van der Waals surface area contributed by atoms with Gasteiger partial charge in [-0.05, 0) is 25.5 Å². The number of carboxylic acid groups (broad SMARTS) is 1. The van der Waals surface area contributed by atoms with Crippen molar-refractivity contribution in [2.24, 2.45) is 0 Å². The molecule has 1 heterocycles. The van der Waals surface area contributed by atoms with Crippen LogP contribution in [0.4, 0.5) is 13.2 Å². The summed E-state index contributed by atoms with van der Waals surface area (Å²) >= 11 is 5.57. The molecule has 0 aliphatic heterocycles. The van der Waals surface area contributed by atoms with Crippen LogP contribution in [0.15, 0.2) is 36.5 Å². The number of benzene rings is 1. The Hall–Kier alpha value is -3.21. The van der Waals surface area contributed by atoms with Gasteiger partial charge in [0.15, 0.2) is 5.75 Å². The molecule has 2 rings (SSSR count). The third-order valence-electron chi connectivity index (χ3n) is 5.46. The second-order valence-corrected chi connectivity index (χ2v) is 8.01. The highest BCUT2D eigenvalue weighted by molar-refractivity contribution is 7.80. The molecule has 0 aliphatic rings. The smallest absolute Gasteiger partial charge is 0.416 e. The predicted octanol–water partition coefficient (Wildman–Crippen LogP) is 4.68. The van der Waals surface area contributed by atoms with Gasteiger partial charge < -0.3 is 19.5 Å². The first kappa shape index (κ1) is 27.0. The number of pyridine rings is 1. The van der Waals surface area contributed by atoms with Crippen molar-refractivity contribution in [3.63, 3.8) is 0 Å². The molecule has 0 bridgehead atoms. The largest absolute Gasteiger partial charge is 0.493 e. The maximum absolute atomic E-state index is 13.6. The van der Waals surface area contributed by atoms with Crippen molar-refractivity contribution in [3.8, 4) is 11.5 Å². The SMILES string of the molecule is COc1ccnc(C(=S)N(C(C)C(=O)O)C(C)C(C)c2ccccc2C(F)(F)F)c1OC(C)=O. The van der Waals surface area contributed by atoms with Crippen LogP contribution in [0, 0.1) is 0 Å². The fourth-order valence-corrected chi connectivity index (χ4v) is 4.06. The quantitative estimate of drug-likeness (QED) is 0.415. The molecule has 2 aromatic rings. The van der Waals surface area contributed by atoms with E-state index in [1.165, 1.54) is 49.4 Å². The summed E-state index contributed by atoms with van der Waals surface area (Å²) in [6.45, 7) is 5.66. The molecule has 1 N–H and O–H groups in total. The van der Waals surface area contributed by atoms with Crippen LogP contribution >= 0.6 is 12.2 Å². The highest BCUT2D eigenvalue weighted by Gasteiger charge is 2.38. The zero-order chi connectivity index (χ0) is 25.8. The van der Waals surface area contributed by atoms with E-state index in [0.29, 0.717) is 0 Å². The topological polar surface area (TPSA) is 89.0 Å². The Morgan fingerprint density at radius 1 is 1.15 bits per heavy atom. The van der Waals surface area contributed by atoms with Crippen molar-refractivity contribution in [1.82, 2.24) is 9.88 Å². The molecule has 0 spiro atoms. The molecule has 0 saturated carbocycles. The van der Waals surface area contributed by atoms with Gasteiger partial charge in [0.05, 0.1) is 12.7 Å². The molecule has 11 heteroatoms. The van der Waals surface area contributed by atoms with Crippen LogP contribution in [0.1, 0.15) is 50.4 Å². The molecule has 7 nitrogen and oxygen atoms in total. The van der Waals surface area contributed by atoms with Crippen LogP contribution in [-0.4, -0.2) is 51.1 Å². The fraction of sp³-hybridized carbons (Fsp3) is 0.391. The molecule has 3 unspecified atom stereocenters. The van der Waals surface area contributed by atoms with Gasteiger partial charge in [-0.15, -0.1) is 0 Å². The van der Waals surface area contributed by atoms with Crippen molar-refractivity contribution in [2.75, 3.05) is 7.11 Å². The fourth-order valence-electron chi connectivity index (χ4n) is 3.59. The van der Waals surface area contributed by atoms with E-state index in [1.54, 1.807) is 13.8 Å². The Morgan fingerprint density at radius 3 is 2.29 bits per heavy atom. The van der Waals surface area contributed by atoms with E-state index in [4.69, 9.17) is 21.7 Å². The van der Waals surface area contributed by atoms with Crippen LogP contribution in [0.2, 0.25) is 0 Å². The zero-order valence-electron chi connectivity index (χ0n) is 19.2. The molecule has 0 saturated heterocycles. The average molecular weight is 499 g/mol. The van der Waals surface area contributed by atoms with Gasteiger partial charge in [-0.25, -0.2) is 9.78 Å². The Morgan fingerprint density at radius 2 is 1.76 bits per heavy atom. The third kappa shape index (κ3) is 5.82. The number of methoxy groups -OCH3 is 1. The van der Waals surface area contributed by atoms with E-state index in [2.05, 4.69) is 4.98 Å². The molecule has 0 fully saturated rings. The summed E-state index contributed by atoms with van der Waals surface area (Å²) in [5.74, 6) is -2.70. The van der Waals surface area contributed by atoms with Gasteiger partial charge in [-0.2, -0.15) is 13.2 Å². The van der Waals surface area contributed by atoms with E-state index in [1.807, 2.05) is 0 Å². The lowest BCUT2D eigenvalue weighted by Gasteiger charge is -2.38. The van der Waals surface area contributed by atoms with Crippen LogP contribution in [-0.2, 0) is 15.8 Å². The zero-order valence-corrected chi connectivity index (χ0v) is 20.0. The number of hydrogen-bond acceptors (Lipinski definition) is 6. The van der Waals surface area contributed by atoms with Crippen molar-refractivity contribution in [2.45, 2.75) is 51.9 Å². The summed E-state index contributed by atoms with van der Waals surface area (Å²) in [4.78, 5) is 28.9. The van der Waals surface area contributed by atoms with E-state index >= 15 is 0 Å². The lowest BCUT2D eigenvalue weighted by Crippen LogP contribution is -2.50. The maximum atomic E-state index is 13.6. The second kappa shape index (κ2) is 10.8. The Kier molecular flexibility index (Phi) is 8.60. The van der Waals surface area contributed by atoms with Crippen LogP contribution in [0.5, 0.6) is 11.5 Å². The minimum Gasteiger partial charge on any atom is -0.493 e. The van der Waals surface area contributed by atoms with Gasteiger partial charge in [0.1, 0.15) is 16.7 Å². The number of carbonyl (C=O) groups is 2. The van der Waals surface area contributed by atoms with Gasteiger partial charge in [-0.1, -0.05) is 37.3 Å². The summed E-state index contributed by atoms with van der Waals surface area (Å²) in [5, 5.41) is 9.74. The lowest BCUT2D eigenvalue weighted by molar-refractivity contribution is -0.142. The maximum Gasteiger partial charge on any atom is 0.416 e. The molecular formula is C23H25F3N2O5S. The first-order valence-corrected chi connectivity index (χ1v) is 10.6. The van der Waals surface area contributed by atoms with E-state index in [0.717, 1.165) is 13.0 Å². The normalized spacial score (nSPS) is 14.0. The molecule has 3 atom stereocenters. The first-order valence-electron chi connectivity index (χ1n) is 10.2. The number of aliphatic carboxylic acids is 1. The number of alkyl halides is 3. The number of aromatic nitrogens is 1. The van der Waals surface area contributed by atoms with Gasteiger partial charge in [0.25, 0.3) is 0 Å². The van der Waals surface area contributed by atoms with Gasteiger partial charge >= 0.3 is 18.1 Å². The van der Waals surface area contributed by atoms with Gasteiger partial charge in [0.2, 0.25) is 5.75 Å². The number of esters is 1. The molecule has 0 aliphatic carbocycles. The van der Waals surface area contributed by atoms with Gasteiger partial charge in [0, 0.05) is 31.1 Å². The summed E-state index contributed by atoms with van der Waals surface area (Å²) in [6.07, 6.45) is -3.25. The number of ether oxygens (including phenoxy) is 2. The highest BCUT2D eigenvalue weighted by atomic mass is 32.1. The molecule has 1 aromatic heterocycles. The van der Waals surface area contributed by atoms with Crippen molar-refractivity contribution in [1.29, 1.82) is 0 Å². The minimum absolute atomic E-state index is 0.00769. The van der Waals surface area contributed by atoms with Crippen molar-refractivity contribution < 1.29 is 37.3 Å². The number of nitrogens with zero attached hydrogens (tertiary/aromatic N) is 2. The number of carbonyl (C=O) groups excluding carboxylic acids is 1. The van der Waals surface area contributed by atoms with E-state index in [9.17, 15) is 27.9 Å². The Bertz CT molecular complexity index is 1080. The van der Waals surface area contributed by atoms with Crippen molar-refractivity contribution >= 4 is 29.1 Å². The summed E-state index contributed by atoms with van der Waals surface area (Å²) in [5.41, 5.74) is -0.865. The standard InChI is InChI=1S/C23H25F3N2O5S/c1-12(16-8-6-7-9-17(16)23(24,25)26)13(2)28(14(3)22(30)31)21(34)19-20(33-15(4)29)18(32-5)10-11-27-19/h6-14H,1-5H3,(H,30,31). The number of carboxylic acids is 1. The number of rotatable bonds is 8. The van der Waals surface area contributed by atoms with Crippen LogP contribution in [0.3, 0.4) is 0 Å². The number of halogens is 3. The molecule has 0 radical (unpaired) electrons. The summed E-state index contributed by atoms with van der Waals surface area (Å²) < 4.78 is 51.4. The summed E-state index contributed by atoms with van der Waals surface area (Å²) in [6, 6.07) is 4.48. The Labute approximate surface area is 200 Å². The predicted molar refractivity (Wildman–Crippen MR) is 122 cm³/mol. The number of hydrogen-bond donors (Lipinski definition) is 1. The first-order chi connectivity index (χ1) is 15.8. The average Bonchev–Trinajstić information content (AvgIpc) is 2.77. The molecule has 34 heavy (non-hydrogen) atoms. The van der Waals surface area contributed by atoms with E-state index in [-0.39, 0.29) is 27.7 Å². The van der Waals surface area contributed by atoms with Crippen molar-refractivity contribution in [3.05, 3.63) is 53.3 Å². The second-order valence-electron chi connectivity index (χ2n) is 7.63. The molecule has 1 aromatic carbocycles. The molecule has 184 valence electrons. The highest BCUT2D eigenvalue weighted by Crippen LogP contribution is 2.38. The van der Waals surface area contributed by atoms with Gasteiger partial charge in [-0.3, -0.25) is 4.79 Å². The molecule has 0 amide bonds. The monoisotopic (exact) mass is 498 g/mol. The third-order valence-corrected chi connectivity index (χ3v) is 5.87. The molecular weight excluding hydrogens is 473 g/mol. The van der Waals surface area contributed by atoms with E-state index < -0.39 is 41.7 Å². The lowest BCUT2D eigenvalue weighted by atomic mass is 9.88.